The number of aromatic nitrogens is 6. The molecule has 176 valence electrons. The number of rotatable bonds is 2. The molecule has 3 aromatic heterocycles. The number of fused-ring (bicyclic) bond motifs is 4. The Kier molecular flexibility index (Phi) is 5.78. The molecule has 14 heteroatoms. The van der Waals surface area contributed by atoms with E-state index in [9.17, 15) is 23.2 Å². The first-order valence-corrected chi connectivity index (χ1v) is 10.1. The van der Waals surface area contributed by atoms with E-state index in [1.807, 2.05) is 6.07 Å². The van der Waals surface area contributed by atoms with Crippen LogP contribution in [0.15, 0.2) is 23.2 Å². The van der Waals surface area contributed by atoms with Gasteiger partial charge < -0.3 is 4.90 Å². The lowest BCUT2D eigenvalue weighted by molar-refractivity contribution is -0.141. The van der Waals surface area contributed by atoms with Crippen molar-refractivity contribution in [3.63, 3.8) is 0 Å². The first kappa shape index (κ1) is 22.9. The molecule has 0 spiro atoms. The van der Waals surface area contributed by atoms with Crippen LogP contribution in [-0.2, 0) is 17.5 Å². The number of hydrogen-bond donors (Lipinski definition) is 1. The lowest BCUT2D eigenvalue weighted by Gasteiger charge is -2.22. The molecular weight excluding hydrogens is 453 g/mol. The number of carbonyl (C=O) groups is 1. The Balaban J connectivity index is 2.02. The van der Waals surface area contributed by atoms with E-state index in [0.29, 0.717) is 5.57 Å². The van der Waals surface area contributed by atoms with E-state index in [0.717, 1.165) is 4.68 Å². The normalized spacial score (nSPS) is 16.4. The Bertz CT molecular complexity index is 1350. The van der Waals surface area contributed by atoms with E-state index >= 15 is 0 Å². The van der Waals surface area contributed by atoms with E-state index in [2.05, 4.69) is 37.1 Å². The van der Waals surface area contributed by atoms with Crippen molar-refractivity contribution in [2.45, 2.75) is 25.6 Å². The fourth-order valence-electron chi connectivity index (χ4n) is 3.65. The van der Waals surface area contributed by atoms with Gasteiger partial charge >= 0.3 is 6.18 Å². The number of hydrogen-bond acceptors (Lipinski definition) is 8. The summed E-state index contributed by atoms with van der Waals surface area (Å²) in [7, 11) is 3.07. The number of aryl methyl sites for hydroxylation is 1. The topological polar surface area (TPSA) is 132 Å². The van der Waals surface area contributed by atoms with Crippen LogP contribution >= 0.6 is 0 Å². The highest BCUT2D eigenvalue weighted by Gasteiger charge is 2.39. The Hall–Kier alpha value is -4.28. The molecule has 0 radical (unpaired) electrons. The molecular formula is C20H19F3N10O. The zero-order valence-electron chi connectivity index (χ0n) is 18.3. The summed E-state index contributed by atoms with van der Waals surface area (Å²) < 4.78 is 42.5. The summed E-state index contributed by atoms with van der Waals surface area (Å²) >= 11 is 0. The lowest BCUT2D eigenvalue weighted by Crippen LogP contribution is -2.30. The number of hydrazone groups is 1. The average Bonchev–Trinajstić information content (AvgIpc) is 3.41. The van der Waals surface area contributed by atoms with Crippen molar-refractivity contribution in [2.24, 2.45) is 5.10 Å². The van der Waals surface area contributed by atoms with E-state index in [1.165, 1.54) is 29.4 Å². The second-order valence-corrected chi connectivity index (χ2v) is 7.64. The van der Waals surface area contributed by atoms with Crippen LogP contribution < -0.4 is 0 Å². The van der Waals surface area contributed by atoms with Crippen LogP contribution in [0.4, 0.5) is 13.2 Å². The molecule has 3 aromatic rings. The molecule has 0 aliphatic carbocycles. The van der Waals surface area contributed by atoms with Crippen molar-refractivity contribution in [1.82, 2.24) is 39.9 Å². The molecule has 1 aliphatic heterocycles. The summed E-state index contributed by atoms with van der Waals surface area (Å²) in [5.41, 5.74) is -0.646. The fraction of sp³-hybridized carbons (Fsp3) is 0.350. The Morgan fingerprint density at radius 1 is 1.41 bits per heavy atom. The predicted molar refractivity (Wildman–Crippen MR) is 115 cm³/mol. The van der Waals surface area contributed by atoms with Crippen LogP contribution in [0.2, 0.25) is 0 Å². The van der Waals surface area contributed by atoms with Crippen LogP contribution in [0, 0.1) is 11.3 Å². The molecule has 0 atom stereocenters. The number of nitrogens with zero attached hydrogens (tertiary/aromatic N) is 9. The molecule has 4 rings (SSSR count). The summed E-state index contributed by atoms with van der Waals surface area (Å²) in [5, 5.41) is 25.0. The van der Waals surface area contributed by atoms with E-state index in [4.69, 9.17) is 0 Å². The minimum Gasteiger partial charge on any atom is -0.341 e. The number of nitriles is 1. The second-order valence-electron chi connectivity index (χ2n) is 7.64. The maximum atomic E-state index is 13.8. The van der Waals surface area contributed by atoms with Gasteiger partial charge in [0.1, 0.15) is 17.3 Å². The zero-order valence-corrected chi connectivity index (χ0v) is 18.3. The molecule has 1 amide bonds. The number of alkyl halides is 3. The predicted octanol–water partition coefficient (Wildman–Crippen LogP) is 2.27. The van der Waals surface area contributed by atoms with Crippen LogP contribution in [0.25, 0.3) is 28.0 Å². The second kappa shape index (κ2) is 8.58. The van der Waals surface area contributed by atoms with Gasteiger partial charge in [-0.2, -0.15) is 33.7 Å². The van der Waals surface area contributed by atoms with Gasteiger partial charge in [0.25, 0.3) is 0 Å². The zero-order chi connectivity index (χ0) is 24.6. The summed E-state index contributed by atoms with van der Waals surface area (Å²) in [4.78, 5) is 22.8. The number of allylic oxidation sites excluding steroid dienone is 1. The minimum absolute atomic E-state index is 0.00234. The molecule has 0 aromatic carbocycles. The van der Waals surface area contributed by atoms with Crippen molar-refractivity contribution < 1.29 is 18.0 Å². The minimum atomic E-state index is -4.73. The summed E-state index contributed by atoms with van der Waals surface area (Å²) in [6, 6.07) is 2.03. The number of amides is 1. The number of aromatic amines is 1. The van der Waals surface area contributed by atoms with E-state index < -0.39 is 11.9 Å². The lowest BCUT2D eigenvalue weighted by atomic mass is 10.1. The molecule has 11 nitrogen and oxygen atoms in total. The third kappa shape index (κ3) is 4.07. The maximum Gasteiger partial charge on any atom is 0.435 e. The van der Waals surface area contributed by atoms with E-state index in [-0.39, 0.29) is 65.7 Å². The molecule has 0 fully saturated rings. The number of likely N-dealkylation sites (N-methyl/N-ethyl adjacent to an activating group) is 1. The van der Waals surface area contributed by atoms with Crippen molar-refractivity contribution in [3.8, 4) is 17.3 Å². The fourth-order valence-corrected chi connectivity index (χ4v) is 3.65. The molecule has 4 bridgehead atoms. The van der Waals surface area contributed by atoms with Crippen molar-refractivity contribution in [1.29, 1.82) is 5.26 Å². The highest BCUT2D eigenvalue weighted by atomic mass is 19.4. The Morgan fingerprint density at radius 3 is 2.85 bits per heavy atom. The third-order valence-electron chi connectivity index (χ3n) is 5.40. The maximum absolute atomic E-state index is 13.8. The largest absolute Gasteiger partial charge is 0.435 e. The standard InChI is InChI=1S/C20H19F3N10O/c1-25-32(3)14(7-24)11-9-31(2)15(34)5-4-6-33-10-12(18(30-33)20(21,22)23)16-17-19(29-28-16)26-8-13(11)27-17/h8,10H,1,4-6,9H2,2-3H3,(H,26,28,29)/b14-11+. The molecule has 34 heavy (non-hydrogen) atoms. The van der Waals surface area contributed by atoms with Gasteiger partial charge in [0, 0.05) is 45.5 Å². The van der Waals surface area contributed by atoms with Gasteiger partial charge in [-0.1, -0.05) is 0 Å². The van der Waals surface area contributed by atoms with E-state index in [1.54, 1.807) is 7.05 Å². The molecule has 1 aliphatic rings. The van der Waals surface area contributed by atoms with Crippen molar-refractivity contribution >= 4 is 29.4 Å². The Labute approximate surface area is 191 Å². The number of halogens is 3. The highest BCUT2D eigenvalue weighted by molar-refractivity contribution is 5.89. The summed E-state index contributed by atoms with van der Waals surface area (Å²) in [6.45, 7) is 3.51. The first-order valence-electron chi connectivity index (χ1n) is 10.1. The highest BCUT2D eigenvalue weighted by Crippen LogP contribution is 2.37. The third-order valence-corrected chi connectivity index (χ3v) is 5.40. The van der Waals surface area contributed by atoms with Gasteiger partial charge in [0.05, 0.1) is 29.7 Å². The number of carbonyl (C=O) groups excluding carboxylic acids is 1. The summed E-state index contributed by atoms with van der Waals surface area (Å²) in [5.74, 6) is -0.262. The van der Waals surface area contributed by atoms with Gasteiger partial charge in [-0.25, -0.2) is 9.97 Å². The van der Waals surface area contributed by atoms with Gasteiger partial charge in [0.15, 0.2) is 11.3 Å². The van der Waals surface area contributed by atoms with Crippen molar-refractivity contribution in [2.75, 3.05) is 20.6 Å². The molecule has 0 saturated heterocycles. The van der Waals surface area contributed by atoms with Gasteiger partial charge in [-0.15, -0.1) is 0 Å². The van der Waals surface area contributed by atoms with Crippen molar-refractivity contribution in [3.05, 3.63) is 29.5 Å². The first-order chi connectivity index (χ1) is 16.1. The monoisotopic (exact) mass is 472 g/mol. The molecule has 1 N–H and O–H groups in total. The van der Waals surface area contributed by atoms with Crippen LogP contribution in [0.3, 0.4) is 0 Å². The molecule has 0 unspecified atom stereocenters. The van der Waals surface area contributed by atoms with Gasteiger partial charge in [0.2, 0.25) is 5.91 Å². The van der Waals surface area contributed by atoms with Crippen LogP contribution in [0.5, 0.6) is 0 Å². The van der Waals surface area contributed by atoms with Gasteiger partial charge in [-0.05, 0) is 6.42 Å². The Morgan fingerprint density at radius 2 is 2.18 bits per heavy atom. The SMILES string of the molecule is C=NN(C)/C(C#N)=C1\CN(C)C(=O)CCCn2cc(c(C(F)(F)F)n2)-c2[nH]nc3ncc1nc23. The summed E-state index contributed by atoms with van der Waals surface area (Å²) in [6.07, 6.45) is -1.81. The average molecular weight is 472 g/mol. The van der Waals surface area contributed by atoms with Gasteiger partial charge in [-0.3, -0.25) is 19.6 Å². The molecule has 0 saturated carbocycles. The number of H-pyrrole nitrogens is 1. The smallest absolute Gasteiger partial charge is 0.341 e. The van der Waals surface area contributed by atoms with Crippen LogP contribution in [-0.4, -0.2) is 73.1 Å². The quantitative estimate of drug-likeness (QED) is 0.344. The number of nitrogens with one attached hydrogen (secondary N) is 1. The molecule has 4 heterocycles. The van der Waals surface area contributed by atoms with Crippen LogP contribution in [0.1, 0.15) is 24.2 Å².